The predicted octanol–water partition coefficient (Wildman–Crippen LogP) is 3.09. The summed E-state index contributed by atoms with van der Waals surface area (Å²) in [4.78, 5) is 44.1. The molecular weight excluding hydrogens is 366 g/mol. The molecule has 2 atom stereocenters. The van der Waals surface area contributed by atoms with Gasteiger partial charge in [-0.05, 0) is 43.6 Å². The first-order chi connectivity index (χ1) is 13.9. The zero-order valence-electron chi connectivity index (χ0n) is 17.6. The standard InChI is InChI=1S/C23H31N3O3/c1-4-25-21(28)23(26(22(25)29)15-16(2)3)10-12-24(13-11-23)20(27)19-14-18(19)17-8-6-5-7-9-17/h5-9,16,18-19H,4,10-15H2,1-3H3/t18-,19+/m0/s1. The summed E-state index contributed by atoms with van der Waals surface area (Å²) in [6.45, 7) is 8.04. The van der Waals surface area contributed by atoms with Crippen LogP contribution in [0, 0.1) is 11.8 Å². The van der Waals surface area contributed by atoms with Crippen LogP contribution in [-0.4, -0.2) is 64.3 Å². The molecule has 2 aliphatic heterocycles. The fraction of sp³-hybridized carbons (Fsp3) is 0.609. The normalized spacial score (nSPS) is 26.0. The molecule has 3 fully saturated rings. The number of likely N-dealkylation sites (N-methyl/N-ethyl adjacent to an activating group) is 1. The quantitative estimate of drug-likeness (QED) is 0.718. The van der Waals surface area contributed by atoms with Crippen LogP contribution in [0.15, 0.2) is 30.3 Å². The Bertz CT molecular complexity index is 799. The van der Waals surface area contributed by atoms with E-state index in [4.69, 9.17) is 0 Å². The molecule has 6 heteroatoms. The highest BCUT2D eigenvalue weighted by atomic mass is 16.2. The van der Waals surface area contributed by atoms with Gasteiger partial charge in [0.25, 0.3) is 5.91 Å². The van der Waals surface area contributed by atoms with E-state index in [1.807, 2.05) is 30.0 Å². The molecule has 1 aromatic rings. The van der Waals surface area contributed by atoms with Crippen molar-refractivity contribution in [2.75, 3.05) is 26.2 Å². The Labute approximate surface area is 172 Å². The number of nitrogens with zero attached hydrogens (tertiary/aromatic N) is 3. The molecule has 0 radical (unpaired) electrons. The van der Waals surface area contributed by atoms with E-state index in [-0.39, 0.29) is 29.7 Å². The van der Waals surface area contributed by atoms with Crippen molar-refractivity contribution >= 4 is 17.8 Å². The number of hydrogen-bond acceptors (Lipinski definition) is 3. The molecule has 4 rings (SSSR count). The second-order valence-corrected chi connectivity index (χ2v) is 9.05. The topological polar surface area (TPSA) is 60.9 Å². The zero-order chi connectivity index (χ0) is 20.8. The monoisotopic (exact) mass is 397 g/mol. The summed E-state index contributed by atoms with van der Waals surface area (Å²) >= 11 is 0. The number of likely N-dealkylation sites (tertiary alicyclic amines) is 1. The molecule has 1 aromatic carbocycles. The first kappa shape index (κ1) is 19.9. The third kappa shape index (κ3) is 3.32. The third-order valence-corrected chi connectivity index (χ3v) is 6.72. The van der Waals surface area contributed by atoms with Crippen molar-refractivity contribution in [3.8, 4) is 0 Å². The lowest BCUT2D eigenvalue weighted by atomic mass is 9.85. The van der Waals surface area contributed by atoms with Crippen LogP contribution < -0.4 is 0 Å². The Hall–Kier alpha value is -2.37. The fourth-order valence-corrected chi connectivity index (χ4v) is 5.03. The van der Waals surface area contributed by atoms with Gasteiger partial charge in [-0.3, -0.25) is 14.5 Å². The number of hydrogen-bond donors (Lipinski definition) is 0. The Morgan fingerprint density at radius 1 is 1.14 bits per heavy atom. The van der Waals surface area contributed by atoms with Crippen LogP contribution in [0.1, 0.15) is 51.5 Å². The molecule has 0 bridgehead atoms. The van der Waals surface area contributed by atoms with E-state index >= 15 is 0 Å². The van der Waals surface area contributed by atoms with E-state index in [1.165, 1.54) is 10.5 Å². The van der Waals surface area contributed by atoms with Gasteiger partial charge in [-0.25, -0.2) is 4.79 Å². The second-order valence-electron chi connectivity index (χ2n) is 9.05. The number of carbonyl (C=O) groups excluding carboxylic acids is 3. The van der Waals surface area contributed by atoms with Crippen LogP contribution >= 0.6 is 0 Å². The Balaban J connectivity index is 1.44. The smallest absolute Gasteiger partial charge is 0.327 e. The SMILES string of the molecule is CCN1C(=O)N(CC(C)C)C2(CCN(C(=O)[C@@H]3C[C@H]3c3ccccc3)CC2)C1=O. The maximum Gasteiger partial charge on any atom is 0.327 e. The second kappa shape index (κ2) is 7.47. The Morgan fingerprint density at radius 3 is 2.38 bits per heavy atom. The van der Waals surface area contributed by atoms with E-state index in [2.05, 4.69) is 26.0 Å². The van der Waals surface area contributed by atoms with Gasteiger partial charge in [0.2, 0.25) is 5.91 Å². The number of imide groups is 1. The summed E-state index contributed by atoms with van der Waals surface area (Å²) in [5.74, 6) is 0.798. The van der Waals surface area contributed by atoms with Crippen LogP contribution in [0.3, 0.4) is 0 Å². The maximum atomic E-state index is 13.1. The van der Waals surface area contributed by atoms with E-state index in [0.717, 1.165) is 6.42 Å². The Kier molecular flexibility index (Phi) is 5.13. The lowest BCUT2D eigenvalue weighted by Gasteiger charge is -2.42. The van der Waals surface area contributed by atoms with Crippen LogP contribution in [-0.2, 0) is 9.59 Å². The molecule has 0 unspecified atom stereocenters. The summed E-state index contributed by atoms with van der Waals surface area (Å²) in [7, 11) is 0. The van der Waals surface area contributed by atoms with Gasteiger partial charge in [0.05, 0.1) is 0 Å². The van der Waals surface area contributed by atoms with Gasteiger partial charge in [-0.15, -0.1) is 0 Å². The summed E-state index contributed by atoms with van der Waals surface area (Å²) in [5, 5.41) is 0. The molecule has 0 N–H and O–H groups in total. The number of piperidine rings is 1. The zero-order valence-corrected chi connectivity index (χ0v) is 17.6. The number of carbonyl (C=O) groups is 3. The van der Waals surface area contributed by atoms with Crippen molar-refractivity contribution in [3.05, 3.63) is 35.9 Å². The summed E-state index contributed by atoms with van der Waals surface area (Å²) < 4.78 is 0. The van der Waals surface area contributed by atoms with Crippen LogP contribution in [0.5, 0.6) is 0 Å². The fourth-order valence-electron chi connectivity index (χ4n) is 5.03. The molecule has 156 valence electrons. The third-order valence-electron chi connectivity index (χ3n) is 6.72. The molecule has 2 saturated heterocycles. The van der Waals surface area contributed by atoms with E-state index < -0.39 is 5.54 Å². The van der Waals surface area contributed by atoms with Crippen LogP contribution in [0.4, 0.5) is 4.79 Å². The molecule has 1 aliphatic carbocycles. The lowest BCUT2D eigenvalue weighted by Crippen LogP contribution is -2.58. The molecule has 3 aliphatic rings. The number of amides is 4. The Morgan fingerprint density at radius 2 is 1.79 bits per heavy atom. The molecule has 1 saturated carbocycles. The van der Waals surface area contributed by atoms with Crippen LogP contribution in [0.25, 0.3) is 0 Å². The number of benzene rings is 1. The van der Waals surface area contributed by atoms with Crippen molar-refractivity contribution < 1.29 is 14.4 Å². The molecular formula is C23H31N3O3. The largest absolute Gasteiger partial charge is 0.342 e. The molecule has 1 spiro atoms. The molecule has 29 heavy (non-hydrogen) atoms. The van der Waals surface area contributed by atoms with E-state index in [0.29, 0.717) is 44.9 Å². The molecule has 0 aromatic heterocycles. The lowest BCUT2D eigenvalue weighted by molar-refractivity contribution is -0.141. The predicted molar refractivity (Wildman–Crippen MR) is 110 cm³/mol. The first-order valence-corrected chi connectivity index (χ1v) is 10.9. The van der Waals surface area contributed by atoms with Gasteiger partial charge in [0.15, 0.2) is 0 Å². The summed E-state index contributed by atoms with van der Waals surface area (Å²) in [6, 6.07) is 10.0. The van der Waals surface area contributed by atoms with Gasteiger partial charge in [0.1, 0.15) is 5.54 Å². The van der Waals surface area contributed by atoms with E-state index in [9.17, 15) is 14.4 Å². The highest BCUT2D eigenvalue weighted by molar-refractivity contribution is 6.07. The highest BCUT2D eigenvalue weighted by Gasteiger charge is 2.58. The molecule has 2 heterocycles. The van der Waals surface area contributed by atoms with Crippen molar-refractivity contribution in [2.45, 2.75) is 51.5 Å². The van der Waals surface area contributed by atoms with Gasteiger partial charge in [-0.1, -0.05) is 44.2 Å². The minimum atomic E-state index is -0.767. The van der Waals surface area contributed by atoms with Crippen molar-refractivity contribution in [2.24, 2.45) is 11.8 Å². The molecule has 6 nitrogen and oxygen atoms in total. The van der Waals surface area contributed by atoms with E-state index in [1.54, 1.807) is 4.90 Å². The maximum absolute atomic E-state index is 13.1. The van der Waals surface area contributed by atoms with Crippen LogP contribution in [0.2, 0.25) is 0 Å². The van der Waals surface area contributed by atoms with Gasteiger partial charge in [-0.2, -0.15) is 0 Å². The summed E-state index contributed by atoms with van der Waals surface area (Å²) in [5.41, 5.74) is 0.467. The van der Waals surface area contributed by atoms with Crippen molar-refractivity contribution in [1.29, 1.82) is 0 Å². The minimum absolute atomic E-state index is 0.0614. The average molecular weight is 398 g/mol. The number of urea groups is 1. The minimum Gasteiger partial charge on any atom is -0.342 e. The highest BCUT2D eigenvalue weighted by Crippen LogP contribution is 2.49. The van der Waals surface area contributed by atoms with Gasteiger partial charge in [0, 0.05) is 32.1 Å². The van der Waals surface area contributed by atoms with Gasteiger partial charge < -0.3 is 9.80 Å². The first-order valence-electron chi connectivity index (χ1n) is 10.9. The average Bonchev–Trinajstić information content (AvgIpc) is 3.50. The van der Waals surface area contributed by atoms with Crippen molar-refractivity contribution in [3.63, 3.8) is 0 Å². The number of rotatable bonds is 5. The van der Waals surface area contributed by atoms with Crippen molar-refractivity contribution in [1.82, 2.24) is 14.7 Å². The summed E-state index contributed by atoms with van der Waals surface area (Å²) in [6.07, 6.45) is 1.98. The van der Waals surface area contributed by atoms with Gasteiger partial charge >= 0.3 is 6.03 Å². The molecule has 4 amide bonds.